The Morgan fingerprint density at radius 1 is 1.11 bits per heavy atom. The van der Waals surface area contributed by atoms with Gasteiger partial charge in [-0.2, -0.15) is 13.2 Å². The Morgan fingerprint density at radius 2 is 1.69 bits per heavy atom. The number of hydrogen-bond donors (Lipinski definition) is 0. The van der Waals surface area contributed by atoms with E-state index in [9.17, 15) is 18.0 Å². The summed E-state index contributed by atoms with van der Waals surface area (Å²) in [4.78, 5) is 13.7. The van der Waals surface area contributed by atoms with E-state index in [1.54, 1.807) is 24.3 Å². The quantitative estimate of drug-likeness (QED) is 0.484. The molecule has 36 heavy (non-hydrogen) atoms. The summed E-state index contributed by atoms with van der Waals surface area (Å²) >= 11 is 0. The molecule has 3 fully saturated rings. The molecule has 0 unspecified atom stereocenters. The van der Waals surface area contributed by atoms with Crippen LogP contribution in [-0.2, 0) is 25.4 Å². The number of allylic oxidation sites excluding steroid dienone is 1. The van der Waals surface area contributed by atoms with E-state index in [1.807, 2.05) is 33.7 Å². The first-order valence-corrected chi connectivity index (χ1v) is 12.0. The number of ether oxygens (including phenoxy) is 3. The maximum absolute atomic E-state index is 13.5. The molecule has 1 saturated carbocycles. The molecule has 4 rings (SSSR count). The van der Waals surface area contributed by atoms with Gasteiger partial charge in [-0.1, -0.05) is 23.7 Å². The molecule has 0 bridgehead atoms. The SMILES string of the molecule is COc1ccc(COC[C@@H](OC(=O)N2CC3(CC(=CB4OC(C)(C)C(C)(C)O4)C3)C2)C(F)(F)F)cc1. The number of hydrogen-bond acceptors (Lipinski definition) is 6. The number of alkyl halides is 3. The first kappa shape index (κ1) is 26.8. The van der Waals surface area contributed by atoms with Crippen molar-refractivity contribution in [1.29, 1.82) is 0 Å². The van der Waals surface area contributed by atoms with Crippen LogP contribution in [0.3, 0.4) is 0 Å². The van der Waals surface area contributed by atoms with E-state index in [0.717, 1.165) is 12.8 Å². The van der Waals surface area contributed by atoms with Gasteiger partial charge in [-0.05, 0) is 58.2 Å². The molecule has 0 radical (unpaired) electrons. The molecule has 11 heteroatoms. The summed E-state index contributed by atoms with van der Waals surface area (Å²) < 4.78 is 67.4. The van der Waals surface area contributed by atoms with Crippen molar-refractivity contribution in [3.8, 4) is 5.75 Å². The summed E-state index contributed by atoms with van der Waals surface area (Å²) in [6, 6.07) is 6.77. The number of carbonyl (C=O) groups excluding carboxylic acids is 1. The highest BCUT2D eigenvalue weighted by Gasteiger charge is 2.55. The van der Waals surface area contributed by atoms with Gasteiger partial charge in [-0.25, -0.2) is 4.79 Å². The van der Waals surface area contributed by atoms with E-state index in [0.29, 0.717) is 24.4 Å². The highest BCUT2D eigenvalue weighted by Crippen LogP contribution is 2.52. The van der Waals surface area contributed by atoms with E-state index in [-0.39, 0.29) is 12.0 Å². The van der Waals surface area contributed by atoms with E-state index < -0.39 is 43.3 Å². The van der Waals surface area contributed by atoms with Crippen LogP contribution < -0.4 is 4.74 Å². The molecule has 1 aliphatic carbocycles. The minimum atomic E-state index is -4.73. The molecule has 0 aromatic heterocycles. The van der Waals surface area contributed by atoms with Gasteiger partial charge in [0.1, 0.15) is 5.75 Å². The molecule has 198 valence electrons. The van der Waals surface area contributed by atoms with Gasteiger partial charge in [0.05, 0.1) is 31.5 Å². The minimum absolute atomic E-state index is 0.0428. The molecular formula is C25H33BF3NO6. The van der Waals surface area contributed by atoms with Gasteiger partial charge in [0.15, 0.2) is 0 Å². The van der Waals surface area contributed by atoms with Gasteiger partial charge in [0.25, 0.3) is 0 Å². The van der Waals surface area contributed by atoms with Crippen molar-refractivity contribution in [3.63, 3.8) is 0 Å². The Labute approximate surface area is 210 Å². The summed E-state index contributed by atoms with van der Waals surface area (Å²) in [5.41, 5.74) is 0.914. The average Bonchev–Trinajstić information content (AvgIpc) is 2.93. The lowest BCUT2D eigenvalue weighted by Crippen LogP contribution is -2.62. The number of amides is 1. The standard InChI is InChI=1S/C25H33BF3NO6/c1-22(2)23(3,4)36-26(35-22)12-18-10-24(11-18)15-30(16-24)21(31)34-20(25(27,28)29)14-33-13-17-6-8-19(32-5)9-7-17/h6-9,12,20H,10-11,13-16H2,1-5H3/t20-/m1/s1. The molecular weight excluding hydrogens is 478 g/mol. The third kappa shape index (κ3) is 5.68. The number of benzene rings is 1. The van der Waals surface area contributed by atoms with Crippen LogP contribution in [0.15, 0.2) is 35.8 Å². The number of methoxy groups -OCH3 is 1. The van der Waals surface area contributed by atoms with Gasteiger partial charge in [-0.15, -0.1) is 0 Å². The van der Waals surface area contributed by atoms with Gasteiger partial charge < -0.3 is 28.4 Å². The fourth-order valence-electron chi connectivity index (χ4n) is 4.69. The zero-order valence-electron chi connectivity index (χ0n) is 21.3. The topological polar surface area (TPSA) is 66.5 Å². The summed E-state index contributed by atoms with van der Waals surface area (Å²) in [5, 5.41) is 0. The molecule has 1 spiro atoms. The van der Waals surface area contributed by atoms with E-state index >= 15 is 0 Å². The van der Waals surface area contributed by atoms with Crippen LogP contribution in [0, 0.1) is 5.41 Å². The lowest BCUT2D eigenvalue weighted by molar-refractivity contribution is -0.222. The first-order valence-electron chi connectivity index (χ1n) is 12.0. The Morgan fingerprint density at radius 3 is 2.22 bits per heavy atom. The molecule has 0 N–H and O–H groups in total. The van der Waals surface area contributed by atoms with Crippen molar-refractivity contribution in [1.82, 2.24) is 4.90 Å². The first-order chi connectivity index (χ1) is 16.7. The fraction of sp³-hybridized carbons (Fsp3) is 0.640. The second-order valence-corrected chi connectivity index (χ2v) is 10.9. The van der Waals surface area contributed by atoms with Gasteiger partial charge in [-0.3, -0.25) is 0 Å². The maximum atomic E-state index is 13.5. The predicted molar refractivity (Wildman–Crippen MR) is 126 cm³/mol. The second kappa shape index (κ2) is 9.57. The van der Waals surface area contributed by atoms with Crippen LogP contribution >= 0.6 is 0 Å². The molecule has 1 atom stereocenters. The van der Waals surface area contributed by atoms with Gasteiger partial charge in [0.2, 0.25) is 6.10 Å². The van der Waals surface area contributed by atoms with Crippen molar-refractivity contribution in [2.45, 2.75) is 70.6 Å². The molecule has 3 aliphatic rings. The van der Waals surface area contributed by atoms with Crippen molar-refractivity contribution in [2.75, 3.05) is 26.8 Å². The largest absolute Gasteiger partial charge is 0.497 e. The third-order valence-corrected chi connectivity index (χ3v) is 7.46. The van der Waals surface area contributed by atoms with Crippen molar-refractivity contribution in [3.05, 3.63) is 41.4 Å². The molecule has 2 aliphatic heterocycles. The average molecular weight is 511 g/mol. The van der Waals surface area contributed by atoms with Crippen LogP contribution in [0.1, 0.15) is 46.1 Å². The van der Waals surface area contributed by atoms with Crippen LogP contribution in [0.5, 0.6) is 5.75 Å². The van der Waals surface area contributed by atoms with Crippen molar-refractivity contribution >= 4 is 13.2 Å². The van der Waals surface area contributed by atoms with Crippen LogP contribution in [0.2, 0.25) is 0 Å². The van der Waals surface area contributed by atoms with Crippen molar-refractivity contribution in [2.24, 2.45) is 5.41 Å². The number of carbonyl (C=O) groups is 1. The number of likely N-dealkylation sites (tertiary alicyclic amines) is 1. The summed E-state index contributed by atoms with van der Waals surface area (Å²) in [5.74, 6) is 2.61. The van der Waals surface area contributed by atoms with Gasteiger partial charge in [0, 0.05) is 18.5 Å². The zero-order chi connectivity index (χ0) is 26.4. The molecule has 1 aromatic rings. The summed E-state index contributed by atoms with van der Waals surface area (Å²) in [7, 11) is 1.10. The number of halogens is 3. The lowest BCUT2D eigenvalue weighted by Gasteiger charge is -2.56. The van der Waals surface area contributed by atoms with Crippen LogP contribution in [-0.4, -0.2) is 68.4 Å². The smallest absolute Gasteiger partial charge is 0.487 e. The van der Waals surface area contributed by atoms with Crippen LogP contribution in [0.25, 0.3) is 0 Å². The maximum Gasteiger partial charge on any atom is 0.487 e. The van der Waals surface area contributed by atoms with E-state index in [1.165, 1.54) is 17.6 Å². The summed E-state index contributed by atoms with van der Waals surface area (Å²) in [6.07, 6.45) is -6.52. The molecule has 1 aromatic carbocycles. The number of nitrogens with zero attached hydrogens (tertiary/aromatic N) is 1. The Bertz CT molecular complexity index is 963. The highest BCUT2D eigenvalue weighted by atomic mass is 19.4. The number of rotatable bonds is 7. The third-order valence-electron chi connectivity index (χ3n) is 7.46. The van der Waals surface area contributed by atoms with E-state index in [4.69, 9.17) is 23.5 Å². The predicted octanol–water partition coefficient (Wildman–Crippen LogP) is 4.93. The minimum Gasteiger partial charge on any atom is -0.497 e. The van der Waals surface area contributed by atoms with Crippen molar-refractivity contribution < 1.29 is 41.5 Å². The fourth-order valence-corrected chi connectivity index (χ4v) is 4.69. The molecule has 1 amide bonds. The van der Waals surface area contributed by atoms with Crippen LogP contribution in [0.4, 0.5) is 18.0 Å². The Hall–Kier alpha value is -2.24. The lowest BCUT2D eigenvalue weighted by atomic mass is 9.59. The molecule has 2 heterocycles. The normalized spacial score (nSPS) is 22.6. The molecule has 7 nitrogen and oxygen atoms in total. The van der Waals surface area contributed by atoms with Gasteiger partial charge >= 0.3 is 19.4 Å². The Kier molecular flexibility index (Phi) is 7.13. The highest BCUT2D eigenvalue weighted by molar-refractivity contribution is 6.51. The monoisotopic (exact) mass is 511 g/mol. The summed E-state index contributed by atoms with van der Waals surface area (Å²) in [6.45, 7) is 7.86. The van der Waals surface area contributed by atoms with E-state index in [2.05, 4.69) is 0 Å². The molecule has 2 saturated heterocycles. The zero-order valence-corrected chi connectivity index (χ0v) is 21.3. The second-order valence-electron chi connectivity index (χ2n) is 10.9. The Balaban J connectivity index is 1.22.